The van der Waals surface area contributed by atoms with Crippen LogP contribution in [0.5, 0.6) is 11.5 Å². The molecule has 0 unspecified atom stereocenters. The van der Waals surface area contributed by atoms with Crippen molar-refractivity contribution in [1.29, 1.82) is 0 Å². The van der Waals surface area contributed by atoms with Gasteiger partial charge in [-0.3, -0.25) is 4.79 Å². The monoisotopic (exact) mass is 403 g/mol. The first-order chi connectivity index (χ1) is 13.7. The summed E-state index contributed by atoms with van der Waals surface area (Å²) in [5.41, 5.74) is 1.37. The van der Waals surface area contributed by atoms with Gasteiger partial charge in [-0.25, -0.2) is 4.79 Å². The molecule has 1 saturated carbocycles. The maximum absolute atomic E-state index is 12.7. The normalized spacial score (nSPS) is 28.1. The number of carbonyl (C=O) groups is 2. The molecular weight excluding hydrogens is 370 g/mol. The molecule has 6 heteroatoms. The molecule has 2 aliphatic carbocycles. The highest BCUT2D eigenvalue weighted by Gasteiger charge is 2.55. The molecule has 29 heavy (non-hydrogen) atoms. The molecule has 3 atom stereocenters. The minimum absolute atomic E-state index is 0.0159. The van der Waals surface area contributed by atoms with Gasteiger partial charge in [0.2, 0.25) is 0 Å². The molecule has 1 fully saturated rings. The Bertz CT molecular complexity index is 803. The minimum atomic E-state index is -0.532. The van der Waals surface area contributed by atoms with Gasteiger partial charge >= 0.3 is 12.1 Å². The zero-order chi connectivity index (χ0) is 21.4. The van der Waals surface area contributed by atoms with Gasteiger partial charge in [0.15, 0.2) is 11.5 Å². The smallest absolute Gasteiger partial charge is 0.415 e. The molecule has 1 N–H and O–H groups in total. The Hall–Kier alpha value is -2.24. The molecule has 6 nitrogen and oxygen atoms in total. The van der Waals surface area contributed by atoms with E-state index in [1.807, 2.05) is 26.8 Å². The predicted molar refractivity (Wildman–Crippen MR) is 110 cm³/mol. The first-order valence-corrected chi connectivity index (χ1v) is 10.6. The first kappa shape index (κ1) is 21.5. The molecule has 0 radical (unpaired) electrons. The molecule has 2 aliphatic rings. The van der Waals surface area contributed by atoms with Gasteiger partial charge in [-0.15, -0.1) is 0 Å². The number of hydrogen-bond acceptors (Lipinski definition) is 5. The molecule has 1 aromatic carbocycles. The number of benzene rings is 1. The molecule has 0 aliphatic heterocycles. The fourth-order valence-corrected chi connectivity index (χ4v) is 5.68. The maximum Gasteiger partial charge on any atom is 0.415 e. The van der Waals surface area contributed by atoms with Crippen molar-refractivity contribution in [2.75, 3.05) is 20.2 Å². The van der Waals surface area contributed by atoms with Gasteiger partial charge in [0.25, 0.3) is 0 Å². The summed E-state index contributed by atoms with van der Waals surface area (Å²) in [6, 6.07) is 3.55. The lowest BCUT2D eigenvalue weighted by Gasteiger charge is -2.54. The van der Waals surface area contributed by atoms with Crippen molar-refractivity contribution in [2.24, 2.45) is 11.3 Å². The van der Waals surface area contributed by atoms with E-state index in [0.29, 0.717) is 13.1 Å². The van der Waals surface area contributed by atoms with E-state index in [2.05, 4.69) is 6.92 Å². The summed E-state index contributed by atoms with van der Waals surface area (Å²) in [6.07, 6.45) is 3.87. The van der Waals surface area contributed by atoms with Crippen LogP contribution < -0.4 is 4.74 Å². The summed E-state index contributed by atoms with van der Waals surface area (Å²) in [7, 11) is 1.46. The van der Waals surface area contributed by atoms with Gasteiger partial charge in [0, 0.05) is 13.1 Å². The summed E-state index contributed by atoms with van der Waals surface area (Å²) in [6.45, 7) is 9.07. The number of phenolic OH excluding ortho intramolecular Hbond substituents is 1. The lowest BCUT2D eigenvalue weighted by Crippen LogP contribution is -2.52. The van der Waals surface area contributed by atoms with Crippen LogP contribution >= 0.6 is 0 Å². The van der Waals surface area contributed by atoms with Crippen LogP contribution in [0.2, 0.25) is 0 Å². The van der Waals surface area contributed by atoms with Gasteiger partial charge in [0.1, 0.15) is 0 Å². The minimum Gasteiger partial charge on any atom is -0.504 e. The highest BCUT2D eigenvalue weighted by molar-refractivity contribution is 5.77. The molecular formula is C23H33NO5. The van der Waals surface area contributed by atoms with E-state index in [1.165, 1.54) is 7.11 Å². The number of fused-ring (bicyclic) bond motifs is 3. The van der Waals surface area contributed by atoms with Crippen molar-refractivity contribution >= 4 is 12.1 Å². The number of hydrogen-bond donors (Lipinski definition) is 1. The van der Waals surface area contributed by atoms with Crippen LogP contribution in [0, 0.1) is 11.3 Å². The summed E-state index contributed by atoms with van der Waals surface area (Å²) in [5, 5.41) is 10.5. The zero-order valence-corrected chi connectivity index (χ0v) is 18.2. The van der Waals surface area contributed by atoms with Crippen molar-refractivity contribution in [3.8, 4) is 11.5 Å². The van der Waals surface area contributed by atoms with E-state index in [9.17, 15) is 14.7 Å². The van der Waals surface area contributed by atoms with E-state index in [4.69, 9.17) is 9.47 Å². The number of ether oxygens (including phenoxy) is 2. The molecule has 0 saturated heterocycles. The third-order valence-corrected chi connectivity index (χ3v) is 7.30. The molecule has 1 aromatic rings. The maximum atomic E-state index is 12.7. The Morgan fingerprint density at radius 1 is 1.21 bits per heavy atom. The number of amides is 1. The number of phenols is 1. The van der Waals surface area contributed by atoms with Crippen molar-refractivity contribution in [3.63, 3.8) is 0 Å². The van der Waals surface area contributed by atoms with E-state index >= 15 is 0 Å². The van der Waals surface area contributed by atoms with Crippen LogP contribution in [-0.2, 0) is 21.4 Å². The molecule has 0 bridgehead atoms. The number of aromatic hydroxyl groups is 1. The summed E-state index contributed by atoms with van der Waals surface area (Å²) < 4.78 is 10.7. The molecule has 160 valence electrons. The standard InChI is InChI=1S/C23H33NO5/c1-6-24(7-2)21(27)29-18-14-16-15(13-17(18)25)9-10-19-22(16,3)11-8-12-23(19,4)20(26)28-5/h13-14,19,25H,6-12H2,1-5H3/t19-,22-,23+/m1/s1. The van der Waals surface area contributed by atoms with Gasteiger partial charge in [-0.1, -0.05) is 13.3 Å². The summed E-state index contributed by atoms with van der Waals surface area (Å²) in [4.78, 5) is 26.7. The molecule has 0 aromatic heterocycles. The molecule has 0 spiro atoms. The van der Waals surface area contributed by atoms with Crippen LogP contribution in [-0.4, -0.2) is 42.3 Å². The number of carbonyl (C=O) groups excluding carboxylic acids is 2. The molecule has 0 heterocycles. The van der Waals surface area contributed by atoms with Crippen molar-refractivity contribution in [2.45, 2.75) is 65.2 Å². The first-order valence-electron chi connectivity index (χ1n) is 10.6. The summed E-state index contributed by atoms with van der Waals surface area (Å²) in [5.74, 6) is 0.161. The van der Waals surface area contributed by atoms with Gasteiger partial charge in [-0.05, 0) is 81.0 Å². The van der Waals surface area contributed by atoms with E-state index < -0.39 is 11.5 Å². The van der Waals surface area contributed by atoms with Gasteiger partial charge in [0.05, 0.1) is 12.5 Å². The van der Waals surface area contributed by atoms with Gasteiger partial charge in [-0.2, -0.15) is 0 Å². The van der Waals surface area contributed by atoms with Crippen molar-refractivity contribution in [3.05, 3.63) is 23.3 Å². The largest absolute Gasteiger partial charge is 0.504 e. The number of methoxy groups -OCH3 is 1. The summed E-state index contributed by atoms with van der Waals surface area (Å²) >= 11 is 0. The highest BCUT2D eigenvalue weighted by atomic mass is 16.6. The Kier molecular flexibility index (Phi) is 5.84. The third kappa shape index (κ3) is 3.47. The SMILES string of the molecule is CCN(CC)C(=O)Oc1cc2c(cc1O)CC[C@H]1[C@@](C)(C(=O)OC)CCC[C@]21C. The molecule has 1 amide bonds. The van der Waals surface area contributed by atoms with Crippen LogP contribution in [0.1, 0.15) is 64.5 Å². The average Bonchev–Trinajstić information content (AvgIpc) is 2.69. The van der Waals surface area contributed by atoms with Crippen LogP contribution in [0.4, 0.5) is 4.79 Å². The van der Waals surface area contributed by atoms with E-state index in [1.54, 1.807) is 11.0 Å². The van der Waals surface area contributed by atoms with Gasteiger partial charge < -0.3 is 19.5 Å². The Balaban J connectivity index is 2.01. The fourth-order valence-electron chi connectivity index (χ4n) is 5.68. The number of rotatable bonds is 4. The lowest BCUT2D eigenvalue weighted by atomic mass is 9.50. The second kappa shape index (κ2) is 7.88. The topological polar surface area (TPSA) is 76.1 Å². The van der Waals surface area contributed by atoms with Crippen molar-refractivity contribution < 1.29 is 24.2 Å². The number of esters is 1. The Labute approximate surface area is 173 Å². The zero-order valence-electron chi connectivity index (χ0n) is 18.2. The van der Waals surface area contributed by atoms with Crippen LogP contribution in [0.15, 0.2) is 12.1 Å². The molecule has 3 rings (SSSR count). The third-order valence-electron chi connectivity index (χ3n) is 7.30. The van der Waals surface area contributed by atoms with Crippen LogP contribution in [0.25, 0.3) is 0 Å². The predicted octanol–water partition coefficient (Wildman–Crippen LogP) is 4.42. The second-order valence-electron chi connectivity index (χ2n) is 8.79. The van der Waals surface area contributed by atoms with Crippen LogP contribution in [0.3, 0.4) is 0 Å². The average molecular weight is 404 g/mol. The van der Waals surface area contributed by atoms with E-state index in [0.717, 1.165) is 43.2 Å². The quantitative estimate of drug-likeness (QED) is 0.754. The fraction of sp³-hybridized carbons (Fsp3) is 0.652. The Morgan fingerprint density at radius 2 is 1.90 bits per heavy atom. The number of aryl methyl sites for hydroxylation is 1. The van der Waals surface area contributed by atoms with E-state index in [-0.39, 0.29) is 28.8 Å². The van der Waals surface area contributed by atoms with Crippen molar-refractivity contribution in [1.82, 2.24) is 4.90 Å². The lowest BCUT2D eigenvalue weighted by molar-refractivity contribution is -0.161. The number of nitrogens with zero attached hydrogens (tertiary/aromatic N) is 1. The Morgan fingerprint density at radius 3 is 2.52 bits per heavy atom. The highest BCUT2D eigenvalue weighted by Crippen LogP contribution is 2.58. The second-order valence-corrected chi connectivity index (χ2v) is 8.79.